The summed E-state index contributed by atoms with van der Waals surface area (Å²) < 4.78 is 5.62. The number of unbranched alkanes of at least 4 members (excludes halogenated alkanes) is 1. The van der Waals surface area contributed by atoms with Crippen molar-refractivity contribution in [3.8, 4) is 11.1 Å². The predicted octanol–water partition coefficient (Wildman–Crippen LogP) is 4.42. The Hall–Kier alpha value is -2.29. The Morgan fingerprint density at radius 1 is 1.00 bits per heavy atom. The van der Waals surface area contributed by atoms with Crippen LogP contribution >= 0.6 is 0 Å². The Kier molecular flexibility index (Phi) is 4.42. The van der Waals surface area contributed by atoms with Gasteiger partial charge in [-0.15, -0.1) is 0 Å². The summed E-state index contributed by atoms with van der Waals surface area (Å²) in [6.07, 6.45) is 2.07. The quantitative estimate of drug-likeness (QED) is 0.517. The van der Waals surface area contributed by atoms with Gasteiger partial charge in [-0.1, -0.05) is 61.9 Å². The van der Waals surface area contributed by atoms with E-state index in [1.165, 1.54) is 22.3 Å². The molecular weight excluding hydrogens is 272 g/mol. The molecular formula is C19H22N2O. The fraction of sp³-hybridized carbons (Fsp3) is 0.316. The van der Waals surface area contributed by atoms with E-state index in [4.69, 9.17) is 10.1 Å². The van der Waals surface area contributed by atoms with Crippen molar-refractivity contribution in [1.82, 2.24) is 4.90 Å². The third-order valence-electron chi connectivity index (χ3n) is 4.07. The first-order valence-corrected chi connectivity index (χ1v) is 7.92. The number of rotatable bonds is 3. The molecule has 114 valence electrons. The van der Waals surface area contributed by atoms with Gasteiger partial charge in [0.15, 0.2) is 0 Å². The zero-order chi connectivity index (χ0) is 15.4. The van der Waals surface area contributed by atoms with Gasteiger partial charge >= 0.3 is 0 Å². The van der Waals surface area contributed by atoms with Gasteiger partial charge in [-0.3, -0.25) is 5.41 Å². The molecule has 3 nitrogen and oxygen atoms in total. The summed E-state index contributed by atoms with van der Waals surface area (Å²) in [5.74, 6) is 0. The average molecular weight is 294 g/mol. The Morgan fingerprint density at radius 3 is 2.09 bits per heavy atom. The number of hydrogen-bond donors (Lipinski definition) is 1. The van der Waals surface area contributed by atoms with E-state index in [0.29, 0.717) is 6.61 Å². The van der Waals surface area contributed by atoms with E-state index in [0.717, 1.165) is 25.9 Å². The summed E-state index contributed by atoms with van der Waals surface area (Å²) in [4.78, 5) is 2.01. The first-order valence-electron chi connectivity index (χ1n) is 7.92. The highest BCUT2D eigenvalue weighted by molar-refractivity contribution is 5.76. The molecule has 1 aliphatic heterocycles. The number of ether oxygens (including phenoxy) is 1. The SMILES string of the molecule is CCCCOC(=N)N1Cc2ccccc2-c2ccccc2C1. The highest BCUT2D eigenvalue weighted by Crippen LogP contribution is 2.32. The molecule has 2 aromatic rings. The van der Waals surface area contributed by atoms with E-state index >= 15 is 0 Å². The standard InChI is InChI=1S/C19H22N2O/c1-2-3-12-22-19(20)21-13-15-8-4-6-10-17(15)18-11-7-5-9-16(18)14-21/h4-11,20H,2-3,12-14H2,1H3. The number of hydrogen-bond acceptors (Lipinski definition) is 2. The molecule has 0 radical (unpaired) electrons. The molecule has 0 spiro atoms. The second kappa shape index (κ2) is 6.65. The van der Waals surface area contributed by atoms with Gasteiger partial charge in [-0.2, -0.15) is 0 Å². The van der Waals surface area contributed by atoms with Crippen LogP contribution in [-0.2, 0) is 17.8 Å². The zero-order valence-electron chi connectivity index (χ0n) is 13.0. The molecule has 0 fully saturated rings. The van der Waals surface area contributed by atoms with E-state index in [9.17, 15) is 0 Å². The van der Waals surface area contributed by atoms with Crippen molar-refractivity contribution in [3.63, 3.8) is 0 Å². The summed E-state index contributed by atoms with van der Waals surface area (Å²) in [5, 5.41) is 8.25. The molecule has 1 N–H and O–H groups in total. The molecule has 0 unspecified atom stereocenters. The first-order chi connectivity index (χ1) is 10.8. The Bertz CT molecular complexity index is 618. The first kappa shape index (κ1) is 14.6. The van der Waals surface area contributed by atoms with Crippen LogP contribution < -0.4 is 0 Å². The highest BCUT2D eigenvalue weighted by atomic mass is 16.5. The van der Waals surface area contributed by atoms with E-state index in [2.05, 4.69) is 55.5 Å². The lowest BCUT2D eigenvalue weighted by molar-refractivity contribution is 0.216. The maximum absolute atomic E-state index is 8.25. The van der Waals surface area contributed by atoms with Crippen molar-refractivity contribution in [1.29, 1.82) is 5.41 Å². The fourth-order valence-electron chi connectivity index (χ4n) is 2.86. The summed E-state index contributed by atoms with van der Waals surface area (Å²) in [7, 11) is 0. The lowest BCUT2D eigenvalue weighted by atomic mass is 9.97. The van der Waals surface area contributed by atoms with Crippen LogP contribution in [0.3, 0.4) is 0 Å². The van der Waals surface area contributed by atoms with Gasteiger partial charge < -0.3 is 9.64 Å². The fourth-order valence-corrected chi connectivity index (χ4v) is 2.86. The van der Waals surface area contributed by atoms with Crippen molar-refractivity contribution in [2.75, 3.05) is 6.61 Å². The van der Waals surface area contributed by atoms with Gasteiger partial charge in [0.1, 0.15) is 0 Å². The van der Waals surface area contributed by atoms with Crippen LogP contribution in [0, 0.1) is 5.41 Å². The topological polar surface area (TPSA) is 36.3 Å². The van der Waals surface area contributed by atoms with Crippen LogP contribution in [-0.4, -0.2) is 17.5 Å². The number of benzene rings is 2. The van der Waals surface area contributed by atoms with Crippen molar-refractivity contribution in [3.05, 3.63) is 59.7 Å². The van der Waals surface area contributed by atoms with Gasteiger partial charge in [-0.05, 0) is 28.7 Å². The Balaban J connectivity index is 1.90. The normalized spacial score (nSPS) is 13.0. The van der Waals surface area contributed by atoms with Crippen LogP contribution in [0.2, 0.25) is 0 Å². The number of nitrogens with one attached hydrogen (secondary N) is 1. The summed E-state index contributed by atoms with van der Waals surface area (Å²) in [5.41, 5.74) is 5.02. The molecule has 0 amide bonds. The molecule has 1 aliphatic rings. The highest BCUT2D eigenvalue weighted by Gasteiger charge is 2.21. The van der Waals surface area contributed by atoms with E-state index in [1.807, 2.05) is 4.90 Å². The number of amidine groups is 1. The largest absolute Gasteiger partial charge is 0.465 e. The van der Waals surface area contributed by atoms with Gasteiger partial charge in [-0.25, -0.2) is 0 Å². The minimum atomic E-state index is 0.278. The maximum atomic E-state index is 8.25. The van der Waals surface area contributed by atoms with Gasteiger partial charge in [0.25, 0.3) is 6.02 Å². The molecule has 0 atom stereocenters. The van der Waals surface area contributed by atoms with Gasteiger partial charge in [0.05, 0.1) is 6.61 Å². The monoisotopic (exact) mass is 294 g/mol. The maximum Gasteiger partial charge on any atom is 0.284 e. The minimum absolute atomic E-state index is 0.278. The van der Waals surface area contributed by atoms with Crippen LogP contribution in [0.5, 0.6) is 0 Å². The molecule has 0 aliphatic carbocycles. The molecule has 0 saturated carbocycles. The summed E-state index contributed by atoms with van der Waals surface area (Å²) in [6.45, 7) is 4.19. The molecule has 0 bridgehead atoms. The van der Waals surface area contributed by atoms with Crippen LogP contribution in [0.15, 0.2) is 48.5 Å². The molecule has 0 saturated heterocycles. The van der Waals surface area contributed by atoms with Crippen molar-refractivity contribution in [2.45, 2.75) is 32.9 Å². The molecule has 2 aromatic carbocycles. The second-order valence-electron chi connectivity index (χ2n) is 5.68. The lowest BCUT2D eigenvalue weighted by Crippen LogP contribution is -2.31. The van der Waals surface area contributed by atoms with Crippen LogP contribution in [0.1, 0.15) is 30.9 Å². The third kappa shape index (κ3) is 2.98. The molecule has 1 heterocycles. The van der Waals surface area contributed by atoms with Crippen molar-refractivity contribution < 1.29 is 4.74 Å². The van der Waals surface area contributed by atoms with Gasteiger partial charge in [0.2, 0.25) is 0 Å². The molecule has 22 heavy (non-hydrogen) atoms. The van der Waals surface area contributed by atoms with Crippen LogP contribution in [0.25, 0.3) is 11.1 Å². The Labute approximate surface area is 132 Å². The number of fused-ring (bicyclic) bond motifs is 3. The minimum Gasteiger partial charge on any atom is -0.465 e. The van der Waals surface area contributed by atoms with Crippen molar-refractivity contribution in [2.24, 2.45) is 0 Å². The summed E-state index contributed by atoms with van der Waals surface area (Å²) in [6, 6.07) is 17.2. The smallest absolute Gasteiger partial charge is 0.284 e. The van der Waals surface area contributed by atoms with E-state index in [1.54, 1.807) is 0 Å². The zero-order valence-corrected chi connectivity index (χ0v) is 13.0. The van der Waals surface area contributed by atoms with E-state index in [-0.39, 0.29) is 6.02 Å². The lowest BCUT2D eigenvalue weighted by Gasteiger charge is -2.23. The third-order valence-corrected chi connectivity index (χ3v) is 4.07. The van der Waals surface area contributed by atoms with Crippen LogP contribution in [0.4, 0.5) is 0 Å². The molecule has 3 rings (SSSR count). The number of nitrogens with zero attached hydrogens (tertiary/aromatic N) is 1. The Morgan fingerprint density at radius 2 is 1.55 bits per heavy atom. The van der Waals surface area contributed by atoms with Gasteiger partial charge in [0, 0.05) is 13.1 Å². The second-order valence-corrected chi connectivity index (χ2v) is 5.68. The van der Waals surface area contributed by atoms with E-state index < -0.39 is 0 Å². The average Bonchev–Trinajstić information content (AvgIpc) is 2.72. The molecule has 3 heteroatoms. The summed E-state index contributed by atoms with van der Waals surface area (Å²) >= 11 is 0. The predicted molar refractivity (Wildman–Crippen MR) is 89.7 cm³/mol. The van der Waals surface area contributed by atoms with Crippen molar-refractivity contribution >= 4 is 6.02 Å². The molecule has 0 aromatic heterocycles.